The van der Waals surface area contributed by atoms with Gasteiger partial charge in [-0.05, 0) is 38.1 Å². The molecule has 0 unspecified atom stereocenters. The molecule has 0 spiro atoms. The Morgan fingerprint density at radius 1 is 0.950 bits per heavy atom. The predicted molar refractivity (Wildman–Crippen MR) is 82.3 cm³/mol. The molecule has 2 rings (SSSR count). The fourth-order valence-electron chi connectivity index (χ4n) is 2.30. The Balaban J connectivity index is 2.06. The fraction of sp³-hybridized carbons (Fsp3) is 0.353. The van der Waals surface area contributed by atoms with Crippen LogP contribution in [0.4, 0.5) is 5.69 Å². The van der Waals surface area contributed by atoms with E-state index in [1.165, 1.54) is 11.3 Å². The normalized spacial score (nSPS) is 10.3. The average molecular weight is 271 g/mol. The van der Waals surface area contributed by atoms with Gasteiger partial charge < -0.3 is 9.64 Å². The van der Waals surface area contributed by atoms with Crippen LogP contribution in [0.25, 0.3) is 0 Å². The van der Waals surface area contributed by atoms with Gasteiger partial charge in [-0.25, -0.2) is 4.57 Å². The van der Waals surface area contributed by atoms with Crippen molar-refractivity contribution in [3.8, 4) is 5.75 Å². The highest BCUT2D eigenvalue weighted by atomic mass is 16.5. The van der Waals surface area contributed by atoms with Gasteiger partial charge in [0.05, 0.1) is 7.11 Å². The Morgan fingerprint density at radius 2 is 1.55 bits per heavy atom. The van der Waals surface area contributed by atoms with Gasteiger partial charge in [0.1, 0.15) is 5.75 Å². The van der Waals surface area contributed by atoms with Crippen LogP contribution in [-0.4, -0.2) is 20.2 Å². The van der Waals surface area contributed by atoms with Gasteiger partial charge in [0, 0.05) is 36.5 Å². The first kappa shape index (κ1) is 14.4. The van der Waals surface area contributed by atoms with Crippen LogP contribution in [0.5, 0.6) is 5.75 Å². The Morgan fingerprint density at radius 3 is 2.05 bits per heavy atom. The van der Waals surface area contributed by atoms with Crippen LogP contribution in [0.1, 0.15) is 19.4 Å². The van der Waals surface area contributed by atoms with Crippen LogP contribution in [-0.2, 0) is 6.54 Å². The third kappa shape index (κ3) is 3.50. The van der Waals surface area contributed by atoms with Crippen molar-refractivity contribution in [2.24, 2.45) is 0 Å². The van der Waals surface area contributed by atoms with Crippen LogP contribution in [0.3, 0.4) is 0 Å². The lowest BCUT2D eigenvalue weighted by atomic mass is 10.2. The van der Waals surface area contributed by atoms with Crippen LogP contribution in [0.15, 0.2) is 48.8 Å². The molecule has 1 aromatic carbocycles. The summed E-state index contributed by atoms with van der Waals surface area (Å²) in [6.07, 6.45) is 4.27. The summed E-state index contributed by atoms with van der Waals surface area (Å²) in [5, 5.41) is 0. The number of methoxy groups -OCH3 is 1. The summed E-state index contributed by atoms with van der Waals surface area (Å²) in [5.41, 5.74) is 2.55. The van der Waals surface area contributed by atoms with E-state index in [1.807, 2.05) is 12.1 Å². The van der Waals surface area contributed by atoms with Crippen molar-refractivity contribution < 1.29 is 9.30 Å². The molecule has 0 saturated carbocycles. The Bertz CT molecular complexity index is 516. The Labute approximate surface area is 121 Å². The summed E-state index contributed by atoms with van der Waals surface area (Å²) in [5.74, 6) is 0.899. The molecule has 0 amide bonds. The molecule has 0 saturated heterocycles. The summed E-state index contributed by atoms with van der Waals surface area (Å²) in [6, 6.07) is 12.6. The lowest BCUT2D eigenvalue weighted by molar-refractivity contribution is -0.688. The molecule has 2 aromatic rings. The second-order valence-electron chi connectivity index (χ2n) is 4.75. The highest BCUT2D eigenvalue weighted by Gasteiger charge is 2.06. The maximum atomic E-state index is 5.17. The number of pyridine rings is 1. The molecule has 3 heteroatoms. The molecule has 1 heterocycles. The van der Waals surface area contributed by atoms with Crippen LogP contribution < -0.4 is 14.2 Å². The molecule has 0 N–H and O–H groups in total. The van der Waals surface area contributed by atoms with Crippen molar-refractivity contribution in [1.82, 2.24) is 0 Å². The molecular formula is C17H23N2O+. The third-order valence-corrected chi connectivity index (χ3v) is 3.53. The van der Waals surface area contributed by atoms with Gasteiger partial charge in [-0.2, -0.15) is 0 Å². The predicted octanol–water partition coefficient (Wildman–Crippen LogP) is 2.88. The minimum absolute atomic E-state index is 0.878. The highest BCUT2D eigenvalue weighted by Crippen LogP contribution is 2.12. The van der Waals surface area contributed by atoms with Crippen molar-refractivity contribution in [2.45, 2.75) is 20.4 Å². The molecule has 0 aliphatic carbocycles. The summed E-state index contributed by atoms with van der Waals surface area (Å²) in [6.45, 7) is 7.32. The molecule has 0 aliphatic heterocycles. The maximum absolute atomic E-state index is 5.17. The van der Waals surface area contributed by atoms with Gasteiger partial charge in [-0.1, -0.05) is 0 Å². The number of aromatic nitrogens is 1. The topological polar surface area (TPSA) is 16.4 Å². The van der Waals surface area contributed by atoms with E-state index in [0.717, 1.165) is 25.4 Å². The van der Waals surface area contributed by atoms with E-state index in [-0.39, 0.29) is 0 Å². The largest absolute Gasteiger partial charge is 0.497 e. The number of nitrogens with zero attached hydrogens (tertiary/aromatic N) is 2. The van der Waals surface area contributed by atoms with Gasteiger partial charge in [-0.15, -0.1) is 0 Å². The molecule has 0 radical (unpaired) electrons. The molecule has 0 fully saturated rings. The number of hydrogen-bond acceptors (Lipinski definition) is 2. The van der Waals surface area contributed by atoms with Gasteiger partial charge in [0.2, 0.25) is 0 Å². The van der Waals surface area contributed by atoms with E-state index < -0.39 is 0 Å². The lowest BCUT2D eigenvalue weighted by Crippen LogP contribution is -2.34. The van der Waals surface area contributed by atoms with E-state index >= 15 is 0 Å². The number of benzene rings is 1. The molecule has 0 aliphatic rings. The molecule has 3 nitrogen and oxygen atoms in total. The molecule has 1 aromatic heterocycles. The summed E-state index contributed by atoms with van der Waals surface area (Å²) in [4.78, 5) is 2.34. The zero-order chi connectivity index (χ0) is 14.4. The zero-order valence-electron chi connectivity index (χ0n) is 12.5. The number of hydrogen-bond donors (Lipinski definition) is 0. The molecular weight excluding hydrogens is 248 g/mol. The molecule has 106 valence electrons. The minimum atomic E-state index is 0.878. The van der Waals surface area contributed by atoms with Crippen LogP contribution in [0, 0.1) is 0 Å². The van der Waals surface area contributed by atoms with E-state index in [2.05, 4.69) is 60.0 Å². The van der Waals surface area contributed by atoms with Gasteiger partial charge in [0.25, 0.3) is 0 Å². The van der Waals surface area contributed by atoms with Gasteiger partial charge in [-0.3, -0.25) is 0 Å². The molecule has 0 bridgehead atoms. The lowest BCUT2D eigenvalue weighted by Gasteiger charge is -2.19. The third-order valence-electron chi connectivity index (χ3n) is 3.53. The first-order chi connectivity index (χ1) is 9.76. The number of anilines is 1. The molecule has 0 atom stereocenters. The standard InChI is InChI=1S/C17H23N2O/c1-4-19(5-2)16-10-12-18(13-11-16)14-15-6-8-17(20-3)9-7-15/h6-13H,4-5,14H2,1-3H3/q+1. The van der Waals surface area contributed by atoms with E-state index in [9.17, 15) is 0 Å². The second kappa shape index (κ2) is 6.94. The molecule has 20 heavy (non-hydrogen) atoms. The van der Waals surface area contributed by atoms with Crippen molar-refractivity contribution >= 4 is 5.69 Å². The van der Waals surface area contributed by atoms with Gasteiger partial charge >= 0.3 is 0 Å². The number of ether oxygens (including phenoxy) is 1. The van der Waals surface area contributed by atoms with Gasteiger partial charge in [0.15, 0.2) is 18.9 Å². The fourth-order valence-corrected chi connectivity index (χ4v) is 2.30. The summed E-state index contributed by atoms with van der Waals surface area (Å²) in [7, 11) is 1.69. The monoisotopic (exact) mass is 271 g/mol. The maximum Gasteiger partial charge on any atom is 0.173 e. The highest BCUT2D eigenvalue weighted by molar-refractivity contribution is 5.43. The summed E-state index contributed by atoms with van der Waals surface area (Å²) >= 11 is 0. The van der Waals surface area contributed by atoms with Crippen molar-refractivity contribution in [1.29, 1.82) is 0 Å². The van der Waals surface area contributed by atoms with Crippen LogP contribution >= 0.6 is 0 Å². The van der Waals surface area contributed by atoms with E-state index in [1.54, 1.807) is 7.11 Å². The second-order valence-corrected chi connectivity index (χ2v) is 4.75. The SMILES string of the molecule is CCN(CC)c1cc[n+](Cc2ccc(OC)cc2)cc1. The Kier molecular flexibility index (Phi) is 4.99. The Hall–Kier alpha value is -2.03. The van der Waals surface area contributed by atoms with E-state index in [4.69, 9.17) is 4.74 Å². The summed E-state index contributed by atoms with van der Waals surface area (Å²) < 4.78 is 7.36. The average Bonchev–Trinajstić information content (AvgIpc) is 2.51. The smallest absolute Gasteiger partial charge is 0.173 e. The zero-order valence-corrected chi connectivity index (χ0v) is 12.5. The van der Waals surface area contributed by atoms with Crippen molar-refractivity contribution in [3.05, 3.63) is 54.4 Å². The first-order valence-electron chi connectivity index (χ1n) is 7.13. The van der Waals surface area contributed by atoms with E-state index in [0.29, 0.717) is 0 Å². The number of rotatable bonds is 6. The van der Waals surface area contributed by atoms with Crippen molar-refractivity contribution in [3.63, 3.8) is 0 Å². The quantitative estimate of drug-likeness (QED) is 0.751. The van der Waals surface area contributed by atoms with Crippen molar-refractivity contribution in [2.75, 3.05) is 25.1 Å². The first-order valence-corrected chi connectivity index (χ1v) is 7.13. The van der Waals surface area contributed by atoms with Crippen LogP contribution in [0.2, 0.25) is 0 Å². The minimum Gasteiger partial charge on any atom is -0.497 e.